The van der Waals surface area contributed by atoms with Gasteiger partial charge in [-0.25, -0.2) is 8.42 Å². The highest BCUT2D eigenvalue weighted by Gasteiger charge is 2.29. The Bertz CT molecular complexity index is 765. The highest BCUT2D eigenvalue weighted by atomic mass is 79.9. The zero-order valence-electron chi connectivity index (χ0n) is 15.3. The lowest BCUT2D eigenvalue weighted by molar-refractivity contribution is -0.909. The number of phenolic OH excluding ortho intramolecular Hbond substituents is 1. The number of carbonyl (C=O) groups excluding carboxylic acids is 1. The van der Waals surface area contributed by atoms with E-state index in [1.807, 2.05) is 0 Å². The highest BCUT2D eigenvalue weighted by Crippen LogP contribution is 2.40. The van der Waals surface area contributed by atoms with Crippen LogP contribution < -0.4 is 15.0 Å². The van der Waals surface area contributed by atoms with E-state index in [1.54, 1.807) is 6.07 Å². The summed E-state index contributed by atoms with van der Waals surface area (Å²) >= 11 is 6.60. The van der Waals surface area contributed by atoms with Gasteiger partial charge in [0.1, 0.15) is 23.1 Å². The predicted octanol–water partition coefficient (Wildman–Crippen LogP) is 0.884. The molecule has 1 heterocycles. The third kappa shape index (κ3) is 7.57. The quantitative estimate of drug-likeness (QED) is 0.485. The van der Waals surface area contributed by atoms with Gasteiger partial charge < -0.3 is 24.6 Å². The van der Waals surface area contributed by atoms with E-state index in [9.17, 15) is 9.90 Å². The van der Waals surface area contributed by atoms with Crippen molar-refractivity contribution in [1.29, 1.82) is 0 Å². The highest BCUT2D eigenvalue weighted by molar-refractivity contribution is 9.11. The molecule has 1 saturated heterocycles. The summed E-state index contributed by atoms with van der Waals surface area (Å²) in [4.78, 5) is 14.0. The van der Waals surface area contributed by atoms with Crippen molar-refractivity contribution < 1.29 is 32.5 Å². The summed E-state index contributed by atoms with van der Waals surface area (Å²) in [5.74, 6) is -0.0910. The minimum atomic E-state index is -3.92. The largest absolute Gasteiger partial charge is 0.748 e. The molecular weight excluding hydrogens is 508 g/mol. The fourth-order valence-corrected chi connectivity index (χ4v) is 4.33. The molecule has 154 valence electrons. The fourth-order valence-electron chi connectivity index (χ4n) is 3.00. The first-order chi connectivity index (χ1) is 12.5. The second-order valence-corrected chi connectivity index (χ2v) is 9.23. The van der Waals surface area contributed by atoms with Gasteiger partial charge in [0.05, 0.1) is 45.8 Å². The van der Waals surface area contributed by atoms with Crippen LogP contribution in [0.15, 0.2) is 15.0 Å². The van der Waals surface area contributed by atoms with Gasteiger partial charge in [0.2, 0.25) is 0 Å². The molecular formula is C16H24Br2N2O6S. The van der Waals surface area contributed by atoms with E-state index >= 15 is 0 Å². The molecule has 1 aliphatic heterocycles. The van der Waals surface area contributed by atoms with Crippen LogP contribution in [-0.4, -0.2) is 63.0 Å². The Labute approximate surface area is 176 Å². The van der Waals surface area contributed by atoms with Crippen molar-refractivity contribution in [2.75, 3.05) is 33.0 Å². The van der Waals surface area contributed by atoms with Crippen molar-refractivity contribution in [3.05, 3.63) is 20.6 Å². The normalized spacial score (nSPS) is 19.2. The first kappa shape index (κ1) is 24.2. The average molecular weight is 532 g/mol. The molecule has 1 fully saturated rings. The summed E-state index contributed by atoms with van der Waals surface area (Å²) in [6, 6.07) is 2.10. The van der Waals surface area contributed by atoms with Crippen molar-refractivity contribution in [3.63, 3.8) is 0 Å². The van der Waals surface area contributed by atoms with Gasteiger partial charge in [0, 0.05) is 19.1 Å². The van der Waals surface area contributed by atoms with Gasteiger partial charge >= 0.3 is 0 Å². The Morgan fingerprint density at radius 2 is 2.04 bits per heavy atom. The number of quaternary nitrogens is 1. The summed E-state index contributed by atoms with van der Waals surface area (Å²) in [5.41, 5.74) is 0.153. The minimum absolute atomic E-state index is 0.108. The number of hydrogen-bond donors (Lipinski definition) is 3. The second kappa shape index (κ2) is 10.6. The molecule has 1 amide bonds. The molecule has 0 bridgehead atoms. The molecule has 0 aromatic heterocycles. The lowest BCUT2D eigenvalue weighted by Crippen LogP contribution is -3.14. The maximum Gasteiger partial charge on any atom is 0.259 e. The van der Waals surface area contributed by atoms with E-state index in [0.29, 0.717) is 33.5 Å². The Morgan fingerprint density at radius 3 is 2.56 bits per heavy atom. The van der Waals surface area contributed by atoms with Crippen LogP contribution in [0, 0.1) is 0 Å². The molecule has 1 unspecified atom stereocenters. The number of benzene rings is 1. The van der Waals surface area contributed by atoms with E-state index in [4.69, 9.17) is 17.7 Å². The summed E-state index contributed by atoms with van der Waals surface area (Å²) in [5, 5.41) is 13.1. The molecule has 8 nitrogen and oxygen atoms in total. The SMILES string of the molecule is CC[NH+]1CCC[C@H]1CNC(=O)c1c(O)c(Br)cc(Br)c1OC.CS(=O)(=O)[O-]. The van der Waals surface area contributed by atoms with E-state index in [0.717, 1.165) is 19.5 Å². The number of carbonyl (C=O) groups is 1. The molecule has 0 saturated carbocycles. The number of likely N-dealkylation sites (tertiary alicyclic amines) is 1. The van der Waals surface area contributed by atoms with Gasteiger partial charge in [0.25, 0.3) is 5.91 Å². The number of likely N-dealkylation sites (N-methyl/N-ethyl adjacent to an activating group) is 1. The zero-order valence-corrected chi connectivity index (χ0v) is 19.3. The summed E-state index contributed by atoms with van der Waals surface area (Å²) in [6.07, 6.45) is 2.92. The van der Waals surface area contributed by atoms with Crippen LogP contribution in [0.1, 0.15) is 30.1 Å². The number of amides is 1. The van der Waals surface area contributed by atoms with Crippen LogP contribution in [0.3, 0.4) is 0 Å². The number of rotatable bonds is 5. The number of hydrogen-bond acceptors (Lipinski definition) is 6. The Balaban J connectivity index is 0.000000646. The van der Waals surface area contributed by atoms with E-state index < -0.39 is 10.1 Å². The van der Waals surface area contributed by atoms with Crippen LogP contribution >= 0.6 is 31.9 Å². The molecule has 1 aromatic carbocycles. The third-order valence-corrected chi connectivity index (χ3v) is 5.38. The number of phenols is 1. The summed E-state index contributed by atoms with van der Waals surface area (Å²) < 4.78 is 33.6. The summed E-state index contributed by atoms with van der Waals surface area (Å²) in [6.45, 7) is 5.00. The molecule has 0 spiro atoms. The number of methoxy groups -OCH3 is 1. The van der Waals surface area contributed by atoms with Gasteiger partial charge in [-0.15, -0.1) is 0 Å². The van der Waals surface area contributed by atoms with Gasteiger partial charge in [-0.3, -0.25) is 4.79 Å². The molecule has 1 aromatic rings. The van der Waals surface area contributed by atoms with E-state index in [-0.39, 0.29) is 17.2 Å². The molecule has 2 rings (SSSR count). The monoisotopic (exact) mass is 530 g/mol. The van der Waals surface area contributed by atoms with Gasteiger partial charge in [0.15, 0.2) is 0 Å². The molecule has 27 heavy (non-hydrogen) atoms. The van der Waals surface area contributed by atoms with Crippen molar-refractivity contribution in [2.45, 2.75) is 25.8 Å². The topological polar surface area (TPSA) is 120 Å². The summed E-state index contributed by atoms with van der Waals surface area (Å²) in [7, 11) is -2.44. The van der Waals surface area contributed by atoms with Crippen molar-refractivity contribution in [2.24, 2.45) is 0 Å². The average Bonchev–Trinajstić information content (AvgIpc) is 3.01. The Kier molecular flexibility index (Phi) is 9.49. The maximum absolute atomic E-state index is 12.5. The molecule has 1 aliphatic rings. The van der Waals surface area contributed by atoms with Crippen molar-refractivity contribution in [3.8, 4) is 11.5 Å². The van der Waals surface area contributed by atoms with Gasteiger partial charge in [-0.2, -0.15) is 0 Å². The lowest BCUT2D eigenvalue weighted by Gasteiger charge is -2.20. The zero-order chi connectivity index (χ0) is 20.8. The molecule has 0 aliphatic carbocycles. The second-order valence-electron chi connectivity index (χ2n) is 6.11. The molecule has 3 N–H and O–H groups in total. The minimum Gasteiger partial charge on any atom is -0.748 e. The van der Waals surface area contributed by atoms with Crippen LogP contribution in [-0.2, 0) is 10.1 Å². The van der Waals surface area contributed by atoms with Crippen molar-refractivity contribution >= 4 is 47.9 Å². The molecule has 0 radical (unpaired) electrons. The van der Waals surface area contributed by atoms with Crippen LogP contribution in [0.25, 0.3) is 0 Å². The van der Waals surface area contributed by atoms with Gasteiger partial charge in [-0.05, 0) is 44.8 Å². The first-order valence-corrected chi connectivity index (χ1v) is 11.7. The Morgan fingerprint density at radius 1 is 1.44 bits per heavy atom. The number of nitrogens with one attached hydrogen (secondary N) is 2. The van der Waals surface area contributed by atoms with Crippen molar-refractivity contribution in [1.82, 2.24) is 5.32 Å². The number of halogens is 2. The lowest BCUT2D eigenvalue weighted by atomic mass is 10.1. The fraction of sp³-hybridized carbons (Fsp3) is 0.562. The maximum atomic E-state index is 12.5. The van der Waals surface area contributed by atoms with Crippen LogP contribution in [0.2, 0.25) is 0 Å². The first-order valence-electron chi connectivity index (χ1n) is 8.28. The van der Waals surface area contributed by atoms with Crippen LogP contribution in [0.4, 0.5) is 0 Å². The predicted molar refractivity (Wildman–Crippen MR) is 107 cm³/mol. The van der Waals surface area contributed by atoms with E-state index in [2.05, 4.69) is 44.1 Å². The standard InChI is InChI=1S/C15H20Br2N2O3.CH4O3S/c1-3-19-6-4-5-9(19)8-18-15(21)12-13(20)10(16)7-11(17)14(12)22-2;1-5(2,3)4/h7,9,20H,3-6,8H2,1-2H3,(H,18,21);1H3,(H,2,3,4)/t9-;/m0./s1. The van der Waals surface area contributed by atoms with Gasteiger partial charge in [-0.1, -0.05) is 0 Å². The third-order valence-electron chi connectivity index (χ3n) is 4.18. The number of aromatic hydroxyl groups is 1. The molecule has 2 atom stereocenters. The van der Waals surface area contributed by atoms with E-state index in [1.165, 1.54) is 18.4 Å². The number of ether oxygens (including phenoxy) is 1. The smallest absolute Gasteiger partial charge is 0.259 e. The Hall–Kier alpha value is -0.880. The van der Waals surface area contributed by atoms with Crippen LogP contribution in [0.5, 0.6) is 11.5 Å². The molecule has 11 heteroatoms.